The number of nitrogens with zero attached hydrogens (tertiary/aromatic N) is 2. The third-order valence-electron chi connectivity index (χ3n) is 4.39. The summed E-state index contributed by atoms with van der Waals surface area (Å²) in [6.45, 7) is 14.5. The normalized spacial score (nSPS) is 19.9. The summed E-state index contributed by atoms with van der Waals surface area (Å²) >= 11 is 0. The molecule has 2 unspecified atom stereocenters. The number of hydrogen-bond acceptors (Lipinski definition) is 2. The highest BCUT2D eigenvalue weighted by Gasteiger charge is 2.21. The molecule has 20 heavy (non-hydrogen) atoms. The van der Waals surface area contributed by atoms with Crippen LogP contribution in [0.25, 0.3) is 0 Å². The second-order valence-corrected chi connectivity index (χ2v) is 5.94. The summed E-state index contributed by atoms with van der Waals surface area (Å²) in [6, 6.07) is 0.684. The van der Waals surface area contributed by atoms with E-state index >= 15 is 0 Å². The fourth-order valence-corrected chi connectivity index (χ4v) is 2.74. The molecule has 0 radical (unpaired) electrons. The van der Waals surface area contributed by atoms with Gasteiger partial charge in [-0.3, -0.25) is 4.90 Å². The molecule has 1 aliphatic carbocycles. The summed E-state index contributed by atoms with van der Waals surface area (Å²) in [7, 11) is 4.51. The first-order chi connectivity index (χ1) is 9.58. The van der Waals surface area contributed by atoms with Crippen molar-refractivity contribution in [2.45, 2.75) is 66.3 Å². The van der Waals surface area contributed by atoms with Crippen LogP contribution < -0.4 is 0 Å². The molecular formula is C18H38N2. The Bertz CT molecular complexity index is 260. The maximum absolute atomic E-state index is 2.54. The predicted octanol–water partition coefficient (Wildman–Crippen LogP) is 4.42. The van der Waals surface area contributed by atoms with Crippen LogP contribution in [-0.4, -0.2) is 49.6 Å². The van der Waals surface area contributed by atoms with Gasteiger partial charge in [0.05, 0.1) is 0 Å². The van der Waals surface area contributed by atoms with E-state index in [9.17, 15) is 0 Å². The lowest BCUT2D eigenvalue weighted by Gasteiger charge is -2.25. The second-order valence-electron chi connectivity index (χ2n) is 5.94. The lowest BCUT2D eigenvalue weighted by molar-refractivity contribution is 0.228. The second kappa shape index (κ2) is 11.3. The molecule has 0 fully saturated rings. The first-order valence-corrected chi connectivity index (χ1v) is 8.67. The summed E-state index contributed by atoms with van der Waals surface area (Å²) in [5.74, 6) is 0.783. The Morgan fingerprint density at radius 2 is 1.80 bits per heavy atom. The zero-order chi connectivity index (χ0) is 15.5. The maximum atomic E-state index is 2.54. The monoisotopic (exact) mass is 282 g/mol. The fraction of sp³-hybridized carbons (Fsp3) is 0.889. The van der Waals surface area contributed by atoms with Crippen LogP contribution in [0.3, 0.4) is 0 Å². The van der Waals surface area contributed by atoms with Gasteiger partial charge in [-0.25, -0.2) is 0 Å². The highest BCUT2D eigenvalue weighted by atomic mass is 15.2. The van der Waals surface area contributed by atoms with E-state index in [0.717, 1.165) is 5.92 Å². The molecule has 0 aromatic rings. The minimum Gasteiger partial charge on any atom is -0.305 e. The van der Waals surface area contributed by atoms with E-state index in [-0.39, 0.29) is 0 Å². The third-order valence-corrected chi connectivity index (χ3v) is 4.39. The van der Waals surface area contributed by atoms with E-state index in [1.165, 1.54) is 45.3 Å². The Balaban J connectivity index is 0.00000172. The molecule has 0 aromatic heterocycles. The molecule has 0 saturated heterocycles. The molecule has 0 spiro atoms. The van der Waals surface area contributed by atoms with Crippen LogP contribution in [0.1, 0.15) is 60.3 Å². The van der Waals surface area contributed by atoms with Crippen LogP contribution >= 0.6 is 0 Å². The molecule has 2 heteroatoms. The average molecular weight is 283 g/mol. The fourth-order valence-electron chi connectivity index (χ4n) is 2.74. The Morgan fingerprint density at radius 1 is 1.15 bits per heavy atom. The summed E-state index contributed by atoms with van der Waals surface area (Å²) in [5, 5.41) is 0. The molecule has 0 heterocycles. The summed E-state index contributed by atoms with van der Waals surface area (Å²) in [5.41, 5.74) is 1.69. The van der Waals surface area contributed by atoms with Gasteiger partial charge in [-0.2, -0.15) is 0 Å². The number of hydrogen-bond donors (Lipinski definition) is 0. The Morgan fingerprint density at radius 3 is 2.35 bits per heavy atom. The molecule has 0 saturated carbocycles. The summed E-state index contributed by atoms with van der Waals surface area (Å²) < 4.78 is 0. The largest absolute Gasteiger partial charge is 0.305 e. The number of likely N-dealkylation sites (N-methyl/N-ethyl adjacent to an activating group) is 2. The molecule has 0 bridgehead atoms. The molecule has 2 nitrogen and oxygen atoms in total. The standard InChI is InChI=1S/C16H32N2.C2H6/c1-6-10-17(4)11-12-18(5)16-9-8-15(13-16)14(3)7-2;1-2/h13-14,16H,6-12H2,1-5H3;1-2H3. The van der Waals surface area contributed by atoms with Crippen LogP contribution in [0.5, 0.6) is 0 Å². The molecule has 0 N–H and O–H groups in total. The molecule has 2 atom stereocenters. The Kier molecular flexibility index (Phi) is 11.1. The molecule has 1 rings (SSSR count). The molecule has 1 aliphatic rings. The topological polar surface area (TPSA) is 6.48 Å². The van der Waals surface area contributed by atoms with Crippen LogP contribution in [0.2, 0.25) is 0 Å². The van der Waals surface area contributed by atoms with Gasteiger partial charge in [0, 0.05) is 19.1 Å². The third kappa shape index (κ3) is 6.90. The van der Waals surface area contributed by atoms with Crippen molar-refractivity contribution in [2.75, 3.05) is 33.7 Å². The van der Waals surface area contributed by atoms with Gasteiger partial charge in [0.25, 0.3) is 0 Å². The van der Waals surface area contributed by atoms with Crippen molar-refractivity contribution in [1.82, 2.24) is 9.80 Å². The maximum Gasteiger partial charge on any atom is 0.0281 e. The molecule has 120 valence electrons. The quantitative estimate of drug-likeness (QED) is 0.608. The van der Waals surface area contributed by atoms with Crippen molar-refractivity contribution >= 4 is 0 Å². The van der Waals surface area contributed by atoms with Crippen LogP contribution in [0, 0.1) is 5.92 Å². The van der Waals surface area contributed by atoms with E-state index in [4.69, 9.17) is 0 Å². The highest BCUT2D eigenvalue weighted by molar-refractivity contribution is 5.16. The number of rotatable bonds is 8. The van der Waals surface area contributed by atoms with Gasteiger partial charge in [-0.05, 0) is 52.2 Å². The van der Waals surface area contributed by atoms with Crippen molar-refractivity contribution in [3.05, 3.63) is 11.6 Å². The van der Waals surface area contributed by atoms with Crippen LogP contribution in [-0.2, 0) is 0 Å². The van der Waals surface area contributed by atoms with Gasteiger partial charge in [-0.15, -0.1) is 0 Å². The van der Waals surface area contributed by atoms with E-state index < -0.39 is 0 Å². The van der Waals surface area contributed by atoms with Gasteiger partial charge in [-0.1, -0.05) is 46.3 Å². The highest BCUT2D eigenvalue weighted by Crippen LogP contribution is 2.29. The zero-order valence-electron chi connectivity index (χ0n) is 15.1. The van der Waals surface area contributed by atoms with E-state index in [2.05, 4.69) is 50.7 Å². The average Bonchev–Trinajstić information content (AvgIpc) is 2.96. The van der Waals surface area contributed by atoms with E-state index in [0.29, 0.717) is 6.04 Å². The van der Waals surface area contributed by atoms with Crippen LogP contribution in [0.15, 0.2) is 11.6 Å². The Hall–Kier alpha value is -0.340. The zero-order valence-corrected chi connectivity index (χ0v) is 15.1. The molecular weight excluding hydrogens is 244 g/mol. The Labute approximate surface area is 128 Å². The van der Waals surface area contributed by atoms with E-state index in [1.807, 2.05) is 13.8 Å². The van der Waals surface area contributed by atoms with Crippen molar-refractivity contribution in [3.63, 3.8) is 0 Å². The molecule has 0 amide bonds. The first kappa shape index (κ1) is 19.7. The van der Waals surface area contributed by atoms with Crippen molar-refractivity contribution in [1.29, 1.82) is 0 Å². The smallest absolute Gasteiger partial charge is 0.0281 e. The minimum absolute atomic E-state index is 0.684. The lowest BCUT2D eigenvalue weighted by Crippen LogP contribution is -2.36. The summed E-state index contributed by atoms with van der Waals surface area (Å²) in [6.07, 6.45) is 7.71. The van der Waals surface area contributed by atoms with Crippen LogP contribution in [0.4, 0.5) is 0 Å². The van der Waals surface area contributed by atoms with Gasteiger partial charge in [0.15, 0.2) is 0 Å². The van der Waals surface area contributed by atoms with Gasteiger partial charge >= 0.3 is 0 Å². The van der Waals surface area contributed by atoms with Crippen molar-refractivity contribution < 1.29 is 0 Å². The van der Waals surface area contributed by atoms with Gasteiger partial charge in [0.2, 0.25) is 0 Å². The van der Waals surface area contributed by atoms with Crippen molar-refractivity contribution in [2.24, 2.45) is 5.92 Å². The molecule has 0 aliphatic heterocycles. The minimum atomic E-state index is 0.684. The lowest BCUT2D eigenvalue weighted by atomic mass is 9.98. The molecule has 0 aromatic carbocycles. The number of allylic oxidation sites excluding steroid dienone is 1. The van der Waals surface area contributed by atoms with Crippen molar-refractivity contribution in [3.8, 4) is 0 Å². The first-order valence-electron chi connectivity index (χ1n) is 8.67. The van der Waals surface area contributed by atoms with Gasteiger partial charge < -0.3 is 4.90 Å². The summed E-state index contributed by atoms with van der Waals surface area (Å²) in [4.78, 5) is 4.96. The van der Waals surface area contributed by atoms with E-state index in [1.54, 1.807) is 5.57 Å². The predicted molar refractivity (Wildman–Crippen MR) is 92.3 cm³/mol. The SMILES string of the molecule is CC.CCCN(C)CCN(C)C1C=C(C(C)CC)CC1. The van der Waals surface area contributed by atoms with Gasteiger partial charge in [0.1, 0.15) is 0 Å².